The molecule has 2 heterocycles. The van der Waals surface area contributed by atoms with E-state index >= 15 is 0 Å². The molecule has 30 heavy (non-hydrogen) atoms. The molecule has 154 valence electrons. The number of benzene rings is 2. The van der Waals surface area contributed by atoms with Gasteiger partial charge in [0.2, 0.25) is 0 Å². The van der Waals surface area contributed by atoms with E-state index in [9.17, 15) is 9.59 Å². The number of carbonyl (C=O) groups excluding carboxylic acids is 2. The molecule has 1 aliphatic heterocycles. The van der Waals surface area contributed by atoms with Gasteiger partial charge in [-0.1, -0.05) is 12.1 Å². The van der Waals surface area contributed by atoms with E-state index in [1.807, 2.05) is 18.2 Å². The Morgan fingerprint density at radius 2 is 1.80 bits per heavy atom. The molecule has 1 fully saturated rings. The van der Waals surface area contributed by atoms with Gasteiger partial charge in [0, 0.05) is 38.1 Å². The number of fused-ring (bicyclic) bond motifs is 1. The molecule has 0 radical (unpaired) electrons. The molecule has 7 heteroatoms. The van der Waals surface area contributed by atoms with Crippen LogP contribution < -0.4 is 9.47 Å². The molecule has 1 aromatic heterocycles. The summed E-state index contributed by atoms with van der Waals surface area (Å²) in [5.41, 5.74) is 2.13. The van der Waals surface area contributed by atoms with Gasteiger partial charge in [0.1, 0.15) is 11.3 Å². The topological polar surface area (TPSA) is 78.0 Å². The number of esters is 2. The number of hydrogen-bond donors (Lipinski definition) is 0. The summed E-state index contributed by atoms with van der Waals surface area (Å²) in [6.07, 6.45) is 1.69. The third kappa shape index (κ3) is 4.64. The highest BCUT2D eigenvalue weighted by atomic mass is 16.5. The first-order valence-corrected chi connectivity index (χ1v) is 9.77. The Morgan fingerprint density at radius 1 is 1.03 bits per heavy atom. The number of carbonyl (C=O) groups is 2. The molecule has 7 nitrogen and oxygen atoms in total. The van der Waals surface area contributed by atoms with Crippen molar-refractivity contribution < 1.29 is 23.8 Å². The lowest BCUT2D eigenvalue weighted by Crippen LogP contribution is -2.35. The highest BCUT2D eigenvalue weighted by Crippen LogP contribution is 2.28. The zero-order valence-corrected chi connectivity index (χ0v) is 16.7. The molecule has 0 saturated carbocycles. The monoisotopic (exact) mass is 406 g/mol. The molecule has 2 aromatic carbocycles. The maximum atomic E-state index is 12.6. The molecule has 0 amide bonds. The van der Waals surface area contributed by atoms with Crippen molar-refractivity contribution in [1.82, 2.24) is 9.88 Å². The minimum absolute atomic E-state index is 0.354. The van der Waals surface area contributed by atoms with E-state index in [2.05, 4.69) is 9.88 Å². The lowest BCUT2D eigenvalue weighted by atomic mass is 10.1. The fourth-order valence-corrected chi connectivity index (χ4v) is 3.41. The van der Waals surface area contributed by atoms with Gasteiger partial charge in [0.25, 0.3) is 0 Å². The summed E-state index contributed by atoms with van der Waals surface area (Å²) in [5, 5.41) is 0.958. The molecule has 0 bridgehead atoms. The van der Waals surface area contributed by atoms with Crippen molar-refractivity contribution in [2.24, 2.45) is 0 Å². The minimum atomic E-state index is -0.503. The molecule has 1 saturated heterocycles. The van der Waals surface area contributed by atoms with Crippen molar-refractivity contribution >= 4 is 22.8 Å². The smallest absolute Gasteiger partial charge is 0.343 e. The summed E-state index contributed by atoms with van der Waals surface area (Å²) in [5.74, 6) is -0.138. The number of rotatable bonds is 5. The van der Waals surface area contributed by atoms with Crippen molar-refractivity contribution in [3.63, 3.8) is 0 Å². The SMILES string of the molecule is CC(=O)Oc1ccc(C(=O)Oc2ccc(CN3CCOCC3)c3cccnc23)cc1. The predicted octanol–water partition coefficient (Wildman–Crippen LogP) is 3.21. The van der Waals surface area contributed by atoms with Gasteiger partial charge in [-0.05, 0) is 42.0 Å². The zero-order valence-electron chi connectivity index (χ0n) is 16.7. The second kappa shape index (κ2) is 9.02. The number of ether oxygens (including phenoxy) is 3. The largest absolute Gasteiger partial charge is 0.427 e. The molecule has 0 N–H and O–H groups in total. The van der Waals surface area contributed by atoms with Crippen molar-refractivity contribution in [2.75, 3.05) is 26.3 Å². The van der Waals surface area contributed by atoms with Crippen LogP contribution in [0.4, 0.5) is 0 Å². The summed E-state index contributed by atoms with van der Waals surface area (Å²) in [7, 11) is 0. The Bertz CT molecular complexity index is 1060. The Hall–Kier alpha value is -3.29. The third-order valence-electron chi connectivity index (χ3n) is 4.87. The quantitative estimate of drug-likeness (QED) is 0.476. The number of pyridine rings is 1. The standard InChI is InChI=1S/C23H22N2O5/c1-16(26)29-19-7-4-17(5-8-19)23(27)30-21-9-6-18(15-25-11-13-28-14-12-25)20-3-2-10-24-22(20)21/h2-10H,11-15H2,1H3. The molecule has 0 aliphatic carbocycles. The van der Waals surface area contributed by atoms with Gasteiger partial charge in [0.15, 0.2) is 5.75 Å². The van der Waals surface area contributed by atoms with Crippen LogP contribution in [-0.4, -0.2) is 48.1 Å². The number of hydrogen-bond acceptors (Lipinski definition) is 7. The van der Waals surface area contributed by atoms with E-state index < -0.39 is 11.9 Å². The van der Waals surface area contributed by atoms with Crippen molar-refractivity contribution in [3.8, 4) is 11.5 Å². The molecule has 0 atom stereocenters. The molecular weight excluding hydrogens is 384 g/mol. The number of morpholine rings is 1. The highest BCUT2D eigenvalue weighted by Gasteiger charge is 2.16. The summed E-state index contributed by atoms with van der Waals surface area (Å²) in [6.45, 7) is 5.37. The second-order valence-corrected chi connectivity index (χ2v) is 7.02. The van der Waals surface area contributed by atoms with Gasteiger partial charge >= 0.3 is 11.9 Å². The van der Waals surface area contributed by atoms with Crippen LogP contribution in [0.2, 0.25) is 0 Å². The van der Waals surface area contributed by atoms with Crippen LogP contribution in [0.1, 0.15) is 22.8 Å². The lowest BCUT2D eigenvalue weighted by Gasteiger charge is -2.27. The zero-order chi connectivity index (χ0) is 20.9. The van der Waals surface area contributed by atoms with Gasteiger partial charge in [-0.3, -0.25) is 14.7 Å². The van der Waals surface area contributed by atoms with Crippen molar-refractivity contribution in [1.29, 1.82) is 0 Å². The second-order valence-electron chi connectivity index (χ2n) is 7.02. The van der Waals surface area contributed by atoms with Crippen LogP contribution in [0.25, 0.3) is 10.9 Å². The van der Waals surface area contributed by atoms with Gasteiger partial charge in [0.05, 0.1) is 18.8 Å². The Morgan fingerprint density at radius 3 is 2.53 bits per heavy atom. The van der Waals surface area contributed by atoms with Crippen LogP contribution >= 0.6 is 0 Å². The predicted molar refractivity (Wildman–Crippen MR) is 111 cm³/mol. The van der Waals surface area contributed by atoms with Crippen molar-refractivity contribution in [3.05, 3.63) is 65.9 Å². The molecule has 0 unspecified atom stereocenters. The molecule has 1 aliphatic rings. The van der Waals surface area contributed by atoms with E-state index in [1.54, 1.807) is 36.5 Å². The number of aromatic nitrogens is 1. The van der Waals surface area contributed by atoms with Gasteiger partial charge < -0.3 is 14.2 Å². The minimum Gasteiger partial charge on any atom is -0.427 e. The van der Waals surface area contributed by atoms with E-state index in [1.165, 1.54) is 6.92 Å². The van der Waals surface area contributed by atoms with Crippen LogP contribution in [-0.2, 0) is 16.1 Å². The molecule has 0 spiro atoms. The maximum Gasteiger partial charge on any atom is 0.343 e. The average molecular weight is 406 g/mol. The van der Waals surface area contributed by atoms with Crippen LogP contribution in [0.5, 0.6) is 11.5 Å². The first-order chi connectivity index (χ1) is 14.6. The average Bonchev–Trinajstić information content (AvgIpc) is 2.76. The van der Waals surface area contributed by atoms with E-state index in [0.29, 0.717) is 22.6 Å². The van der Waals surface area contributed by atoms with E-state index in [0.717, 1.165) is 43.8 Å². The Balaban J connectivity index is 1.54. The molecule has 3 aromatic rings. The fraction of sp³-hybridized carbons (Fsp3) is 0.261. The van der Waals surface area contributed by atoms with Crippen LogP contribution in [0.15, 0.2) is 54.7 Å². The normalized spacial score (nSPS) is 14.4. The van der Waals surface area contributed by atoms with Crippen molar-refractivity contribution in [2.45, 2.75) is 13.5 Å². The van der Waals surface area contributed by atoms with Crippen LogP contribution in [0.3, 0.4) is 0 Å². The third-order valence-corrected chi connectivity index (χ3v) is 4.87. The van der Waals surface area contributed by atoms with Gasteiger partial charge in [-0.2, -0.15) is 0 Å². The Labute approximate surface area is 174 Å². The first kappa shape index (κ1) is 20.0. The molecule has 4 rings (SSSR count). The molecular formula is C23H22N2O5. The summed E-state index contributed by atoms with van der Waals surface area (Å²) in [4.78, 5) is 30.4. The maximum absolute atomic E-state index is 12.6. The summed E-state index contributed by atoms with van der Waals surface area (Å²) >= 11 is 0. The Kier molecular flexibility index (Phi) is 6.02. The summed E-state index contributed by atoms with van der Waals surface area (Å²) < 4.78 is 16.0. The van der Waals surface area contributed by atoms with E-state index in [-0.39, 0.29) is 0 Å². The highest BCUT2D eigenvalue weighted by molar-refractivity contribution is 5.95. The van der Waals surface area contributed by atoms with Crippen LogP contribution in [0, 0.1) is 0 Å². The van der Waals surface area contributed by atoms with Gasteiger partial charge in [-0.25, -0.2) is 4.79 Å². The van der Waals surface area contributed by atoms with Gasteiger partial charge in [-0.15, -0.1) is 0 Å². The fourth-order valence-electron chi connectivity index (χ4n) is 3.41. The van der Waals surface area contributed by atoms with E-state index in [4.69, 9.17) is 14.2 Å². The lowest BCUT2D eigenvalue weighted by molar-refractivity contribution is -0.131. The summed E-state index contributed by atoms with van der Waals surface area (Å²) in [6, 6.07) is 13.9. The number of nitrogens with zero attached hydrogens (tertiary/aromatic N) is 2. The first-order valence-electron chi connectivity index (χ1n) is 9.77.